The van der Waals surface area contributed by atoms with Crippen molar-refractivity contribution in [2.75, 3.05) is 31.6 Å². The van der Waals surface area contributed by atoms with E-state index in [9.17, 15) is 4.79 Å². The van der Waals surface area contributed by atoms with Crippen LogP contribution in [0.3, 0.4) is 0 Å². The Morgan fingerprint density at radius 1 is 1.58 bits per heavy atom. The van der Waals surface area contributed by atoms with Gasteiger partial charge in [0.2, 0.25) is 0 Å². The van der Waals surface area contributed by atoms with Gasteiger partial charge in [-0.1, -0.05) is 0 Å². The summed E-state index contributed by atoms with van der Waals surface area (Å²) < 4.78 is 10.8. The predicted molar refractivity (Wildman–Crippen MR) is 73.6 cm³/mol. The Balaban J connectivity index is 2.00. The van der Waals surface area contributed by atoms with Gasteiger partial charge in [0.1, 0.15) is 11.9 Å². The maximum absolute atomic E-state index is 12.0. The Kier molecular flexibility index (Phi) is 4.76. The zero-order valence-corrected chi connectivity index (χ0v) is 11.4. The maximum Gasteiger partial charge on any atom is 0.254 e. The summed E-state index contributed by atoms with van der Waals surface area (Å²) >= 11 is 0. The number of hydrogen-bond donors (Lipinski definition) is 2. The molecule has 1 atom stereocenters. The molecule has 0 spiro atoms. The van der Waals surface area contributed by atoms with E-state index in [0.29, 0.717) is 19.8 Å². The normalized spacial score (nSPS) is 18.9. The van der Waals surface area contributed by atoms with Crippen molar-refractivity contribution in [1.82, 2.24) is 5.32 Å². The highest BCUT2D eigenvalue weighted by molar-refractivity contribution is 5.95. The van der Waals surface area contributed by atoms with Gasteiger partial charge in [0, 0.05) is 18.8 Å². The fourth-order valence-electron chi connectivity index (χ4n) is 1.98. The van der Waals surface area contributed by atoms with Gasteiger partial charge in [-0.25, -0.2) is 0 Å². The van der Waals surface area contributed by atoms with Crippen molar-refractivity contribution < 1.29 is 14.3 Å². The molecule has 0 bridgehead atoms. The lowest BCUT2D eigenvalue weighted by atomic mass is 10.1. The smallest absolute Gasteiger partial charge is 0.254 e. The van der Waals surface area contributed by atoms with E-state index in [4.69, 9.17) is 9.47 Å². The lowest BCUT2D eigenvalue weighted by Gasteiger charge is -2.23. The first-order chi connectivity index (χ1) is 9.20. The average Bonchev–Trinajstić information content (AvgIpc) is 2.43. The molecular formula is C14H20N2O3. The molecule has 1 amide bonds. The van der Waals surface area contributed by atoms with Gasteiger partial charge in [-0.15, -0.1) is 0 Å². The molecule has 1 fully saturated rings. The number of anilines is 1. The highest BCUT2D eigenvalue weighted by atomic mass is 16.5. The van der Waals surface area contributed by atoms with E-state index in [1.54, 1.807) is 0 Å². The predicted octanol–water partition coefficient (Wildman–Crippen LogP) is 1.32. The molecule has 104 valence electrons. The second-order valence-corrected chi connectivity index (χ2v) is 4.46. The van der Waals surface area contributed by atoms with Crippen LogP contribution in [0.4, 0.5) is 5.69 Å². The van der Waals surface area contributed by atoms with E-state index < -0.39 is 6.10 Å². The number of carbonyl (C=O) groups excluding carboxylic acids is 1. The van der Waals surface area contributed by atoms with Crippen molar-refractivity contribution in [1.29, 1.82) is 0 Å². The van der Waals surface area contributed by atoms with E-state index in [0.717, 1.165) is 23.5 Å². The summed E-state index contributed by atoms with van der Waals surface area (Å²) in [6.07, 6.45) is -0.417. The van der Waals surface area contributed by atoms with Gasteiger partial charge in [-0.2, -0.15) is 0 Å². The SMILES string of the molecule is CCOc1ccc(NC(=O)C2CNCCO2)c(C)c1. The summed E-state index contributed by atoms with van der Waals surface area (Å²) in [5.41, 5.74) is 1.77. The zero-order valence-electron chi connectivity index (χ0n) is 11.4. The molecule has 0 aromatic heterocycles. The van der Waals surface area contributed by atoms with Crippen LogP contribution in [0, 0.1) is 6.92 Å². The fraction of sp³-hybridized carbons (Fsp3) is 0.500. The minimum Gasteiger partial charge on any atom is -0.494 e. The van der Waals surface area contributed by atoms with Crippen LogP contribution >= 0.6 is 0 Å². The van der Waals surface area contributed by atoms with Gasteiger partial charge in [-0.05, 0) is 37.6 Å². The molecule has 1 unspecified atom stereocenters. The summed E-state index contributed by atoms with van der Waals surface area (Å²) in [7, 11) is 0. The lowest BCUT2D eigenvalue weighted by Crippen LogP contribution is -2.45. The number of morpholine rings is 1. The number of aryl methyl sites for hydroxylation is 1. The monoisotopic (exact) mass is 264 g/mol. The molecule has 1 aliphatic heterocycles. The lowest BCUT2D eigenvalue weighted by molar-refractivity contribution is -0.128. The summed E-state index contributed by atoms with van der Waals surface area (Å²) in [5, 5.41) is 6.03. The van der Waals surface area contributed by atoms with Crippen LogP contribution in [0.2, 0.25) is 0 Å². The largest absolute Gasteiger partial charge is 0.494 e. The molecule has 1 aromatic carbocycles. The Morgan fingerprint density at radius 2 is 2.42 bits per heavy atom. The van der Waals surface area contributed by atoms with Gasteiger partial charge in [0.25, 0.3) is 5.91 Å². The molecule has 2 N–H and O–H groups in total. The second-order valence-electron chi connectivity index (χ2n) is 4.46. The molecule has 5 heteroatoms. The van der Waals surface area contributed by atoms with Crippen LogP contribution in [0.1, 0.15) is 12.5 Å². The molecule has 1 heterocycles. The first-order valence-electron chi connectivity index (χ1n) is 6.57. The Hall–Kier alpha value is -1.59. The number of rotatable bonds is 4. The third-order valence-corrected chi connectivity index (χ3v) is 2.99. The molecule has 19 heavy (non-hydrogen) atoms. The Morgan fingerprint density at radius 3 is 3.05 bits per heavy atom. The molecule has 1 aliphatic rings. The highest BCUT2D eigenvalue weighted by Crippen LogP contribution is 2.21. The molecule has 1 saturated heterocycles. The minimum absolute atomic E-state index is 0.112. The number of amides is 1. The quantitative estimate of drug-likeness (QED) is 0.861. The molecule has 0 aliphatic carbocycles. The Bertz CT molecular complexity index is 442. The van der Waals surface area contributed by atoms with Gasteiger partial charge < -0.3 is 20.1 Å². The highest BCUT2D eigenvalue weighted by Gasteiger charge is 2.22. The summed E-state index contributed by atoms with van der Waals surface area (Å²) in [6.45, 7) is 6.44. The van der Waals surface area contributed by atoms with Crippen LogP contribution in [-0.4, -0.2) is 38.3 Å². The summed E-state index contributed by atoms with van der Waals surface area (Å²) in [5.74, 6) is 0.702. The number of nitrogens with one attached hydrogen (secondary N) is 2. The first-order valence-corrected chi connectivity index (χ1v) is 6.57. The molecule has 0 saturated carbocycles. The van der Waals surface area contributed by atoms with E-state index in [1.165, 1.54) is 0 Å². The number of carbonyl (C=O) groups is 1. The van der Waals surface area contributed by atoms with Crippen molar-refractivity contribution in [3.05, 3.63) is 23.8 Å². The van der Waals surface area contributed by atoms with E-state index >= 15 is 0 Å². The second kappa shape index (κ2) is 6.54. The van der Waals surface area contributed by atoms with Gasteiger partial charge in [-0.3, -0.25) is 4.79 Å². The topological polar surface area (TPSA) is 59.6 Å². The summed E-state index contributed by atoms with van der Waals surface area (Å²) in [4.78, 5) is 12.0. The molecule has 2 rings (SSSR count). The van der Waals surface area contributed by atoms with E-state index in [1.807, 2.05) is 32.0 Å². The van der Waals surface area contributed by atoms with Gasteiger partial charge in [0.15, 0.2) is 0 Å². The molecule has 0 radical (unpaired) electrons. The average molecular weight is 264 g/mol. The number of benzene rings is 1. The van der Waals surface area contributed by atoms with Crippen molar-refractivity contribution in [3.8, 4) is 5.75 Å². The van der Waals surface area contributed by atoms with Crippen molar-refractivity contribution in [3.63, 3.8) is 0 Å². The van der Waals surface area contributed by atoms with Crippen LogP contribution in [0.15, 0.2) is 18.2 Å². The standard InChI is InChI=1S/C14H20N2O3/c1-3-18-11-4-5-12(10(2)8-11)16-14(17)13-9-15-6-7-19-13/h4-5,8,13,15H,3,6-7,9H2,1-2H3,(H,16,17). The van der Waals surface area contributed by atoms with Crippen LogP contribution < -0.4 is 15.4 Å². The third kappa shape index (κ3) is 3.68. The number of ether oxygens (including phenoxy) is 2. The van der Waals surface area contributed by atoms with Crippen molar-refractivity contribution >= 4 is 11.6 Å². The summed E-state index contributed by atoms with van der Waals surface area (Å²) in [6, 6.07) is 5.62. The van der Waals surface area contributed by atoms with Crippen LogP contribution in [0.25, 0.3) is 0 Å². The third-order valence-electron chi connectivity index (χ3n) is 2.99. The zero-order chi connectivity index (χ0) is 13.7. The molecule has 1 aromatic rings. The minimum atomic E-state index is -0.417. The van der Waals surface area contributed by atoms with Crippen molar-refractivity contribution in [2.24, 2.45) is 0 Å². The first kappa shape index (κ1) is 13.8. The maximum atomic E-state index is 12.0. The van der Waals surface area contributed by atoms with E-state index in [2.05, 4.69) is 10.6 Å². The van der Waals surface area contributed by atoms with Gasteiger partial charge in [0.05, 0.1) is 13.2 Å². The fourth-order valence-corrected chi connectivity index (χ4v) is 1.98. The number of hydrogen-bond acceptors (Lipinski definition) is 4. The Labute approximate surface area is 113 Å². The van der Waals surface area contributed by atoms with Crippen LogP contribution in [0.5, 0.6) is 5.75 Å². The van der Waals surface area contributed by atoms with Crippen molar-refractivity contribution in [2.45, 2.75) is 20.0 Å². The molecule has 5 nitrogen and oxygen atoms in total. The molecular weight excluding hydrogens is 244 g/mol. The van der Waals surface area contributed by atoms with Crippen LogP contribution in [-0.2, 0) is 9.53 Å². The van der Waals surface area contributed by atoms with Gasteiger partial charge >= 0.3 is 0 Å². The van der Waals surface area contributed by atoms with E-state index in [-0.39, 0.29) is 5.91 Å².